The standard InChI is InChI=1S/C10H17NO3S/c1-7(6-15-2)5-11-8(12)10(3-4-10)9(13)14/h7H,3-6H2,1-2H3,(H,11,12)(H,13,14). The Bertz CT molecular complexity index is 263. The monoisotopic (exact) mass is 231 g/mol. The third-order valence-electron chi connectivity index (χ3n) is 2.66. The van der Waals surface area contributed by atoms with Crippen molar-refractivity contribution in [1.82, 2.24) is 5.32 Å². The summed E-state index contributed by atoms with van der Waals surface area (Å²) in [6.45, 7) is 2.60. The Morgan fingerprint density at radius 1 is 1.53 bits per heavy atom. The summed E-state index contributed by atoms with van der Waals surface area (Å²) in [5, 5.41) is 11.6. The van der Waals surface area contributed by atoms with E-state index in [1.807, 2.05) is 13.2 Å². The van der Waals surface area contributed by atoms with Crippen LogP contribution in [0.2, 0.25) is 0 Å². The highest BCUT2D eigenvalue weighted by atomic mass is 32.2. The number of hydrogen-bond acceptors (Lipinski definition) is 3. The predicted octanol–water partition coefficient (Wildman–Crippen LogP) is 0.966. The first-order chi connectivity index (χ1) is 7.03. The van der Waals surface area contributed by atoms with Crippen LogP contribution in [0.1, 0.15) is 19.8 Å². The third kappa shape index (κ3) is 2.87. The van der Waals surface area contributed by atoms with Gasteiger partial charge in [0.1, 0.15) is 5.41 Å². The van der Waals surface area contributed by atoms with Crippen molar-refractivity contribution < 1.29 is 14.7 Å². The predicted molar refractivity (Wildman–Crippen MR) is 59.9 cm³/mol. The molecule has 0 spiro atoms. The molecule has 1 saturated carbocycles. The van der Waals surface area contributed by atoms with E-state index in [-0.39, 0.29) is 5.91 Å². The molecule has 0 aromatic heterocycles. The van der Waals surface area contributed by atoms with E-state index in [1.54, 1.807) is 11.8 Å². The average molecular weight is 231 g/mol. The molecule has 1 unspecified atom stereocenters. The quantitative estimate of drug-likeness (QED) is 0.668. The van der Waals surface area contributed by atoms with Gasteiger partial charge in [0, 0.05) is 6.54 Å². The second-order valence-corrected chi connectivity index (χ2v) is 5.07. The number of carbonyl (C=O) groups excluding carboxylic acids is 1. The number of rotatable bonds is 6. The van der Waals surface area contributed by atoms with Crippen LogP contribution in [0.4, 0.5) is 0 Å². The van der Waals surface area contributed by atoms with Gasteiger partial charge < -0.3 is 10.4 Å². The molecule has 0 aromatic rings. The van der Waals surface area contributed by atoms with Gasteiger partial charge >= 0.3 is 5.97 Å². The minimum absolute atomic E-state index is 0.317. The number of thioether (sulfide) groups is 1. The lowest BCUT2D eigenvalue weighted by molar-refractivity contribution is -0.149. The van der Waals surface area contributed by atoms with E-state index in [2.05, 4.69) is 5.32 Å². The normalized spacial score (nSPS) is 19.3. The van der Waals surface area contributed by atoms with Crippen molar-refractivity contribution in [3.8, 4) is 0 Å². The Balaban J connectivity index is 2.34. The number of carbonyl (C=O) groups is 2. The zero-order valence-corrected chi connectivity index (χ0v) is 9.89. The number of nitrogens with one attached hydrogen (secondary N) is 1. The molecule has 2 N–H and O–H groups in total. The molecule has 0 aliphatic heterocycles. The molecule has 4 nitrogen and oxygen atoms in total. The number of hydrogen-bond donors (Lipinski definition) is 2. The Kier molecular flexibility index (Phi) is 4.02. The first-order valence-electron chi connectivity index (χ1n) is 5.03. The van der Waals surface area contributed by atoms with Gasteiger partial charge in [-0.05, 0) is 30.8 Å². The number of carboxylic acids is 1. The Morgan fingerprint density at radius 2 is 2.13 bits per heavy atom. The van der Waals surface area contributed by atoms with Crippen molar-refractivity contribution >= 4 is 23.6 Å². The van der Waals surface area contributed by atoms with Crippen LogP contribution in [0.25, 0.3) is 0 Å². The van der Waals surface area contributed by atoms with E-state index in [0.29, 0.717) is 25.3 Å². The van der Waals surface area contributed by atoms with Gasteiger partial charge in [-0.25, -0.2) is 0 Å². The summed E-state index contributed by atoms with van der Waals surface area (Å²) in [6, 6.07) is 0. The number of amides is 1. The lowest BCUT2D eigenvalue weighted by Gasteiger charge is -2.14. The molecule has 15 heavy (non-hydrogen) atoms. The van der Waals surface area contributed by atoms with Crippen molar-refractivity contribution in [1.29, 1.82) is 0 Å². The molecule has 1 rings (SSSR count). The van der Waals surface area contributed by atoms with E-state index < -0.39 is 11.4 Å². The van der Waals surface area contributed by atoms with E-state index in [4.69, 9.17) is 5.11 Å². The van der Waals surface area contributed by atoms with Crippen LogP contribution in [0.3, 0.4) is 0 Å². The molecule has 1 atom stereocenters. The maximum absolute atomic E-state index is 11.6. The fraction of sp³-hybridized carbons (Fsp3) is 0.800. The summed E-state index contributed by atoms with van der Waals surface area (Å²) in [5.74, 6) is 0.0504. The maximum atomic E-state index is 11.6. The van der Waals surface area contributed by atoms with Crippen LogP contribution >= 0.6 is 11.8 Å². The summed E-state index contributed by atoms with van der Waals surface area (Å²) in [7, 11) is 0. The van der Waals surface area contributed by atoms with Gasteiger partial charge in [0.25, 0.3) is 0 Å². The lowest BCUT2D eigenvalue weighted by atomic mass is 10.1. The van der Waals surface area contributed by atoms with Crippen molar-refractivity contribution in [2.24, 2.45) is 11.3 Å². The Morgan fingerprint density at radius 3 is 2.53 bits per heavy atom. The van der Waals surface area contributed by atoms with Crippen LogP contribution in [-0.2, 0) is 9.59 Å². The zero-order chi connectivity index (χ0) is 11.5. The van der Waals surface area contributed by atoms with Gasteiger partial charge in [0.15, 0.2) is 0 Å². The molecular weight excluding hydrogens is 214 g/mol. The highest BCUT2D eigenvalue weighted by Gasteiger charge is 2.56. The molecule has 0 bridgehead atoms. The zero-order valence-electron chi connectivity index (χ0n) is 9.08. The number of aliphatic carboxylic acids is 1. The van der Waals surface area contributed by atoms with Crippen LogP contribution < -0.4 is 5.32 Å². The van der Waals surface area contributed by atoms with Crippen LogP contribution in [-0.4, -0.2) is 35.5 Å². The maximum Gasteiger partial charge on any atom is 0.319 e. The highest BCUT2D eigenvalue weighted by Crippen LogP contribution is 2.46. The minimum atomic E-state index is -1.10. The molecule has 0 aromatic carbocycles. The molecule has 0 radical (unpaired) electrons. The summed E-state index contributed by atoms with van der Waals surface area (Å²) in [4.78, 5) is 22.4. The molecular formula is C10H17NO3S. The fourth-order valence-electron chi connectivity index (χ4n) is 1.44. The first-order valence-corrected chi connectivity index (χ1v) is 6.43. The second-order valence-electron chi connectivity index (χ2n) is 4.16. The molecule has 1 aliphatic carbocycles. The summed E-state index contributed by atoms with van der Waals surface area (Å²) >= 11 is 1.72. The molecule has 5 heteroatoms. The molecule has 1 aliphatic rings. The number of carboxylic acid groups (broad SMARTS) is 1. The average Bonchev–Trinajstić information content (AvgIpc) is 2.95. The van der Waals surface area contributed by atoms with E-state index in [0.717, 1.165) is 5.75 Å². The highest BCUT2D eigenvalue weighted by molar-refractivity contribution is 7.98. The second kappa shape index (κ2) is 4.88. The Hall–Kier alpha value is -0.710. The lowest BCUT2D eigenvalue weighted by Crippen LogP contribution is -2.39. The summed E-state index contributed by atoms with van der Waals surface area (Å²) in [5.41, 5.74) is -1.10. The van der Waals surface area contributed by atoms with Crippen molar-refractivity contribution in [2.75, 3.05) is 18.6 Å². The van der Waals surface area contributed by atoms with Gasteiger partial charge in [0.05, 0.1) is 0 Å². The van der Waals surface area contributed by atoms with Crippen LogP contribution in [0, 0.1) is 11.3 Å². The van der Waals surface area contributed by atoms with Gasteiger partial charge in [0.2, 0.25) is 5.91 Å². The largest absolute Gasteiger partial charge is 0.480 e. The molecule has 86 valence electrons. The van der Waals surface area contributed by atoms with Crippen molar-refractivity contribution in [2.45, 2.75) is 19.8 Å². The van der Waals surface area contributed by atoms with E-state index in [1.165, 1.54) is 0 Å². The molecule has 0 saturated heterocycles. The van der Waals surface area contributed by atoms with Gasteiger partial charge in [-0.3, -0.25) is 9.59 Å². The van der Waals surface area contributed by atoms with Crippen LogP contribution in [0.15, 0.2) is 0 Å². The van der Waals surface area contributed by atoms with Gasteiger partial charge in [-0.1, -0.05) is 6.92 Å². The minimum Gasteiger partial charge on any atom is -0.480 e. The molecule has 0 heterocycles. The van der Waals surface area contributed by atoms with Crippen LogP contribution in [0.5, 0.6) is 0 Å². The van der Waals surface area contributed by atoms with Gasteiger partial charge in [-0.15, -0.1) is 0 Å². The Labute approximate surface area is 93.8 Å². The summed E-state index contributed by atoms with van der Waals surface area (Å²) < 4.78 is 0. The SMILES string of the molecule is CSCC(C)CNC(=O)C1(C(=O)O)CC1. The molecule has 1 amide bonds. The van der Waals surface area contributed by atoms with E-state index in [9.17, 15) is 9.59 Å². The smallest absolute Gasteiger partial charge is 0.319 e. The molecule has 1 fully saturated rings. The topological polar surface area (TPSA) is 66.4 Å². The van der Waals surface area contributed by atoms with E-state index >= 15 is 0 Å². The van der Waals surface area contributed by atoms with Gasteiger partial charge in [-0.2, -0.15) is 11.8 Å². The van der Waals surface area contributed by atoms with Crippen molar-refractivity contribution in [3.63, 3.8) is 0 Å². The third-order valence-corrected chi connectivity index (χ3v) is 3.56. The van der Waals surface area contributed by atoms with Crippen molar-refractivity contribution in [3.05, 3.63) is 0 Å². The first kappa shape index (κ1) is 12.4. The fourth-order valence-corrected chi connectivity index (χ4v) is 2.13. The summed E-state index contributed by atoms with van der Waals surface area (Å²) in [6.07, 6.45) is 2.97.